The molecule has 0 spiro atoms. The van der Waals surface area contributed by atoms with E-state index in [9.17, 15) is 10.2 Å². The second-order valence-corrected chi connectivity index (χ2v) is 10.3. The number of aryl methyl sites for hydroxylation is 1. The van der Waals surface area contributed by atoms with Crippen molar-refractivity contribution in [3.8, 4) is 0 Å². The summed E-state index contributed by atoms with van der Waals surface area (Å²) in [4.78, 5) is 2.32. The van der Waals surface area contributed by atoms with E-state index < -0.39 is 0 Å². The van der Waals surface area contributed by atoms with Crippen molar-refractivity contribution in [2.75, 3.05) is 0 Å². The third-order valence-electron chi connectivity index (χ3n) is 8.49. The first kappa shape index (κ1) is 20.7. The predicted octanol–water partition coefficient (Wildman–Crippen LogP) is 6.84. The van der Waals surface area contributed by atoms with Crippen LogP contribution in [0.3, 0.4) is 0 Å². The lowest BCUT2D eigenvalue weighted by Gasteiger charge is -2.53. The van der Waals surface area contributed by atoms with Crippen LogP contribution < -0.4 is 0 Å². The van der Waals surface area contributed by atoms with Crippen molar-refractivity contribution in [1.82, 2.24) is 4.90 Å². The Morgan fingerprint density at radius 2 is 1.87 bits per heavy atom. The standard InChI is InChI=1S/C28H37NO2/c1-19(8-7-11-20-9-3-2-4-10-20)21-14-15-23-24-12-5-6-13-26(24)29-18-22(30)17-27(31)28(29)25(23)16-21/h2-4,9-10,17-19,21,25-26,28,30-31H,5-8,11-16H2,1H3. The van der Waals surface area contributed by atoms with Gasteiger partial charge in [0, 0.05) is 18.2 Å². The lowest BCUT2D eigenvalue weighted by molar-refractivity contribution is 0.0822. The summed E-state index contributed by atoms with van der Waals surface area (Å²) >= 11 is 0. The minimum atomic E-state index is 0.0251. The molecule has 1 aromatic carbocycles. The second-order valence-electron chi connectivity index (χ2n) is 10.3. The van der Waals surface area contributed by atoms with Gasteiger partial charge in [-0.2, -0.15) is 0 Å². The highest BCUT2D eigenvalue weighted by Gasteiger charge is 2.47. The Morgan fingerprint density at radius 3 is 2.71 bits per heavy atom. The van der Waals surface area contributed by atoms with Gasteiger partial charge >= 0.3 is 0 Å². The number of fused-ring (bicyclic) bond motifs is 5. The zero-order valence-electron chi connectivity index (χ0n) is 18.8. The lowest BCUT2D eigenvalue weighted by Crippen LogP contribution is -2.53. The van der Waals surface area contributed by atoms with Crippen molar-refractivity contribution >= 4 is 0 Å². The summed E-state index contributed by atoms with van der Waals surface area (Å²) in [6.45, 7) is 2.44. The Labute approximate surface area is 187 Å². The first-order valence-corrected chi connectivity index (χ1v) is 12.5. The summed E-state index contributed by atoms with van der Waals surface area (Å²) in [7, 11) is 0. The molecule has 2 aliphatic heterocycles. The van der Waals surface area contributed by atoms with Crippen molar-refractivity contribution in [2.24, 2.45) is 17.8 Å². The summed E-state index contributed by atoms with van der Waals surface area (Å²) in [6.07, 6.45) is 15.8. The van der Waals surface area contributed by atoms with Gasteiger partial charge in [-0.1, -0.05) is 55.7 Å². The molecule has 31 heavy (non-hydrogen) atoms. The first-order chi connectivity index (χ1) is 15.1. The van der Waals surface area contributed by atoms with Gasteiger partial charge in [-0.05, 0) is 74.3 Å². The molecule has 1 aromatic rings. The molecule has 2 aliphatic carbocycles. The molecule has 0 radical (unpaired) electrons. The molecule has 2 saturated carbocycles. The van der Waals surface area contributed by atoms with Crippen LogP contribution in [0.1, 0.15) is 70.3 Å². The average Bonchev–Trinajstić information content (AvgIpc) is 2.79. The SMILES string of the molecule is CC(CCCc1ccccc1)C1CCC2=C3CCCCC3N3C=C(O)C=C(O)C3C2C1. The van der Waals surface area contributed by atoms with Gasteiger partial charge in [0.05, 0.1) is 12.1 Å². The number of allylic oxidation sites excluding steroid dienone is 1. The molecule has 5 unspecified atom stereocenters. The van der Waals surface area contributed by atoms with Crippen molar-refractivity contribution in [1.29, 1.82) is 0 Å². The van der Waals surface area contributed by atoms with Crippen LogP contribution in [-0.2, 0) is 6.42 Å². The molecule has 5 rings (SSSR count). The molecule has 5 atom stereocenters. The number of hydrogen-bond donors (Lipinski definition) is 2. The minimum Gasteiger partial charge on any atom is -0.510 e. The first-order valence-electron chi connectivity index (χ1n) is 12.5. The Balaban J connectivity index is 1.31. The molecular weight excluding hydrogens is 382 g/mol. The van der Waals surface area contributed by atoms with Crippen LogP contribution >= 0.6 is 0 Å². The van der Waals surface area contributed by atoms with Gasteiger partial charge in [0.25, 0.3) is 0 Å². The van der Waals surface area contributed by atoms with Crippen molar-refractivity contribution in [3.63, 3.8) is 0 Å². The van der Waals surface area contributed by atoms with E-state index in [-0.39, 0.29) is 11.8 Å². The zero-order chi connectivity index (χ0) is 21.4. The highest BCUT2D eigenvalue weighted by molar-refractivity contribution is 5.38. The quantitative estimate of drug-likeness (QED) is 0.514. The van der Waals surface area contributed by atoms with Crippen molar-refractivity contribution in [2.45, 2.75) is 83.2 Å². The molecule has 0 bridgehead atoms. The minimum absolute atomic E-state index is 0.0251. The predicted molar refractivity (Wildman–Crippen MR) is 126 cm³/mol. The van der Waals surface area contributed by atoms with Crippen LogP contribution in [0.15, 0.2) is 65.3 Å². The molecule has 166 valence electrons. The number of aliphatic hydroxyl groups excluding tert-OH is 2. The fourth-order valence-electron chi connectivity index (χ4n) is 6.91. The van der Waals surface area contributed by atoms with E-state index in [0.717, 1.165) is 12.3 Å². The molecule has 4 aliphatic rings. The van der Waals surface area contributed by atoms with Crippen LogP contribution in [-0.4, -0.2) is 27.2 Å². The van der Waals surface area contributed by atoms with Crippen LogP contribution in [0.2, 0.25) is 0 Å². The molecule has 3 nitrogen and oxygen atoms in total. The Bertz CT molecular complexity index is 884. The van der Waals surface area contributed by atoms with Crippen LogP contribution in [0.25, 0.3) is 0 Å². The number of aliphatic hydroxyl groups is 2. The highest BCUT2D eigenvalue weighted by atomic mass is 16.3. The monoisotopic (exact) mass is 419 g/mol. The fourth-order valence-corrected chi connectivity index (χ4v) is 6.91. The summed E-state index contributed by atoms with van der Waals surface area (Å²) in [5, 5.41) is 21.1. The van der Waals surface area contributed by atoms with Crippen LogP contribution in [0.4, 0.5) is 0 Å². The second kappa shape index (κ2) is 8.76. The largest absolute Gasteiger partial charge is 0.510 e. The molecule has 2 heterocycles. The van der Waals surface area contributed by atoms with E-state index in [2.05, 4.69) is 42.2 Å². The summed E-state index contributed by atoms with van der Waals surface area (Å²) in [6, 6.07) is 11.2. The normalized spacial score (nSPS) is 31.2. The molecule has 0 aromatic heterocycles. The Kier molecular flexibility index (Phi) is 5.86. The average molecular weight is 420 g/mol. The van der Waals surface area contributed by atoms with E-state index >= 15 is 0 Å². The zero-order valence-corrected chi connectivity index (χ0v) is 18.8. The molecule has 2 fully saturated rings. The summed E-state index contributed by atoms with van der Waals surface area (Å²) in [5.41, 5.74) is 4.75. The maximum absolute atomic E-state index is 10.9. The van der Waals surface area contributed by atoms with Gasteiger partial charge in [-0.25, -0.2) is 0 Å². The van der Waals surface area contributed by atoms with Crippen molar-refractivity contribution in [3.05, 3.63) is 70.8 Å². The molecular formula is C28H37NO2. The van der Waals surface area contributed by atoms with E-state index in [1.54, 1.807) is 17.2 Å². The number of hydrogen-bond acceptors (Lipinski definition) is 3. The number of nitrogens with zero attached hydrogens (tertiary/aromatic N) is 1. The Hall–Kier alpha value is -2.16. The third kappa shape index (κ3) is 4.04. The van der Waals surface area contributed by atoms with Crippen LogP contribution in [0, 0.1) is 17.8 Å². The lowest BCUT2D eigenvalue weighted by atomic mass is 9.63. The topological polar surface area (TPSA) is 43.7 Å². The third-order valence-corrected chi connectivity index (χ3v) is 8.49. The molecule has 0 saturated heterocycles. The number of benzene rings is 1. The molecule has 0 amide bonds. The van der Waals surface area contributed by atoms with E-state index in [1.165, 1.54) is 63.4 Å². The smallest absolute Gasteiger partial charge is 0.134 e. The maximum atomic E-state index is 10.9. The van der Waals surface area contributed by atoms with Gasteiger partial charge in [-0.3, -0.25) is 0 Å². The van der Waals surface area contributed by atoms with E-state index in [0.29, 0.717) is 23.6 Å². The number of rotatable bonds is 5. The Morgan fingerprint density at radius 1 is 1.03 bits per heavy atom. The molecule has 3 heteroatoms. The highest BCUT2D eigenvalue weighted by Crippen LogP contribution is 2.51. The van der Waals surface area contributed by atoms with Gasteiger partial charge in [0.2, 0.25) is 0 Å². The maximum Gasteiger partial charge on any atom is 0.134 e. The van der Waals surface area contributed by atoms with Gasteiger partial charge in [0.1, 0.15) is 11.5 Å². The van der Waals surface area contributed by atoms with Crippen LogP contribution in [0.5, 0.6) is 0 Å². The van der Waals surface area contributed by atoms with E-state index in [4.69, 9.17) is 0 Å². The van der Waals surface area contributed by atoms with Gasteiger partial charge < -0.3 is 15.1 Å². The van der Waals surface area contributed by atoms with E-state index in [1.807, 2.05) is 6.20 Å². The van der Waals surface area contributed by atoms with Gasteiger partial charge in [-0.15, -0.1) is 0 Å². The fraction of sp³-hybridized carbons (Fsp3) is 0.571. The molecule has 2 N–H and O–H groups in total. The van der Waals surface area contributed by atoms with Gasteiger partial charge in [0.15, 0.2) is 0 Å². The summed E-state index contributed by atoms with van der Waals surface area (Å²) < 4.78 is 0. The van der Waals surface area contributed by atoms with Crippen molar-refractivity contribution < 1.29 is 10.2 Å². The summed E-state index contributed by atoms with van der Waals surface area (Å²) in [5.74, 6) is 2.40.